The zero-order chi connectivity index (χ0) is 21.5. The Kier molecular flexibility index (Phi) is 5.54. The van der Waals surface area contributed by atoms with Gasteiger partial charge in [-0.15, -0.1) is 0 Å². The third kappa shape index (κ3) is 4.00. The number of fused-ring (bicyclic) bond motifs is 1. The van der Waals surface area contributed by atoms with Crippen LogP contribution in [0.25, 0.3) is 10.9 Å². The number of hydrogen-bond donors (Lipinski definition) is 1. The average molecular weight is 445 g/mol. The Morgan fingerprint density at radius 2 is 2.13 bits per heavy atom. The van der Waals surface area contributed by atoms with Gasteiger partial charge in [-0.3, -0.25) is 9.58 Å². The van der Waals surface area contributed by atoms with E-state index in [1.54, 1.807) is 17.1 Å². The molecule has 5 rings (SSSR count). The minimum absolute atomic E-state index is 0.234. The molecule has 0 spiro atoms. The standard InChI is InChI=1S/C22H26ClFN6O/c1-13-21(10-26-29(13)2)28-22-25-9-14-7-18(23)17(8-20(14)27-22)16-3-5-30(11-19(16)24)15-4-6-31-12-15/h7-10,15-16,19H,3-6,11-12H2,1-2H3,(H,25,27,28). The van der Waals surface area contributed by atoms with E-state index in [4.69, 9.17) is 16.3 Å². The lowest BCUT2D eigenvalue weighted by Crippen LogP contribution is -2.46. The number of nitrogens with one attached hydrogen (secondary N) is 1. The third-order valence-corrected chi connectivity index (χ3v) is 6.90. The largest absolute Gasteiger partial charge is 0.380 e. The summed E-state index contributed by atoms with van der Waals surface area (Å²) in [4.78, 5) is 11.3. The van der Waals surface area contributed by atoms with Gasteiger partial charge in [0.05, 0.1) is 29.7 Å². The molecule has 7 nitrogen and oxygen atoms in total. The Balaban J connectivity index is 1.39. The van der Waals surface area contributed by atoms with Gasteiger partial charge in [0.2, 0.25) is 5.95 Å². The summed E-state index contributed by atoms with van der Waals surface area (Å²) >= 11 is 6.58. The van der Waals surface area contributed by atoms with Crippen LogP contribution in [0.1, 0.15) is 30.0 Å². The molecule has 1 aromatic carbocycles. The molecule has 0 amide bonds. The van der Waals surface area contributed by atoms with Crippen LogP contribution in [-0.2, 0) is 11.8 Å². The highest BCUT2D eigenvalue weighted by Crippen LogP contribution is 2.37. The maximum atomic E-state index is 15.2. The summed E-state index contributed by atoms with van der Waals surface area (Å²) in [6, 6.07) is 4.10. The summed E-state index contributed by atoms with van der Waals surface area (Å²) in [5, 5.41) is 8.85. The maximum Gasteiger partial charge on any atom is 0.227 e. The highest BCUT2D eigenvalue weighted by Gasteiger charge is 2.35. The summed E-state index contributed by atoms with van der Waals surface area (Å²) in [6.45, 7) is 4.72. The molecule has 2 fully saturated rings. The second kappa shape index (κ2) is 8.33. The second-order valence-electron chi connectivity index (χ2n) is 8.44. The number of anilines is 2. The van der Waals surface area contributed by atoms with E-state index in [2.05, 4.69) is 25.3 Å². The van der Waals surface area contributed by atoms with Gasteiger partial charge in [0.25, 0.3) is 0 Å². The Hall–Kier alpha value is -2.29. The molecule has 2 aliphatic heterocycles. The van der Waals surface area contributed by atoms with Crippen LogP contribution < -0.4 is 5.32 Å². The van der Waals surface area contributed by atoms with Gasteiger partial charge >= 0.3 is 0 Å². The smallest absolute Gasteiger partial charge is 0.227 e. The number of halogens is 2. The van der Waals surface area contributed by atoms with E-state index in [1.165, 1.54) is 0 Å². The Bertz CT molecular complexity index is 1100. The summed E-state index contributed by atoms with van der Waals surface area (Å²) in [5.74, 6) is 0.243. The van der Waals surface area contributed by atoms with Crippen molar-refractivity contribution in [1.29, 1.82) is 0 Å². The van der Waals surface area contributed by atoms with Crippen LogP contribution in [0.15, 0.2) is 24.5 Å². The molecular weight excluding hydrogens is 419 g/mol. The number of alkyl halides is 1. The number of benzene rings is 1. The quantitative estimate of drug-likeness (QED) is 0.656. The van der Waals surface area contributed by atoms with Crippen molar-refractivity contribution in [3.8, 4) is 0 Å². The van der Waals surface area contributed by atoms with E-state index in [1.807, 2.05) is 26.1 Å². The maximum absolute atomic E-state index is 15.2. The molecule has 4 heterocycles. The number of likely N-dealkylation sites (tertiary alicyclic amines) is 1. The van der Waals surface area contributed by atoms with Crippen molar-refractivity contribution in [3.63, 3.8) is 0 Å². The number of rotatable bonds is 4. The number of ether oxygens (including phenoxy) is 1. The molecule has 0 radical (unpaired) electrons. The third-order valence-electron chi connectivity index (χ3n) is 6.57. The van der Waals surface area contributed by atoms with E-state index in [0.29, 0.717) is 30.2 Å². The highest BCUT2D eigenvalue weighted by molar-refractivity contribution is 6.32. The van der Waals surface area contributed by atoms with Gasteiger partial charge in [0.1, 0.15) is 6.17 Å². The van der Waals surface area contributed by atoms with Gasteiger partial charge in [-0.1, -0.05) is 11.6 Å². The topological polar surface area (TPSA) is 68.1 Å². The first-order valence-corrected chi connectivity index (χ1v) is 11.0. The second-order valence-corrected chi connectivity index (χ2v) is 8.85. The average Bonchev–Trinajstić information content (AvgIpc) is 3.40. The van der Waals surface area contributed by atoms with Gasteiger partial charge in [0, 0.05) is 48.8 Å². The molecule has 164 valence electrons. The minimum atomic E-state index is -0.971. The fraction of sp³-hybridized carbons (Fsp3) is 0.500. The summed E-state index contributed by atoms with van der Waals surface area (Å²) in [6.07, 6.45) is 4.22. The van der Waals surface area contributed by atoms with Gasteiger partial charge in [0.15, 0.2) is 0 Å². The number of nitrogens with zero attached hydrogens (tertiary/aromatic N) is 5. The van der Waals surface area contributed by atoms with Crippen molar-refractivity contribution in [2.75, 3.05) is 31.6 Å². The van der Waals surface area contributed by atoms with Crippen molar-refractivity contribution in [2.45, 2.75) is 37.9 Å². The Labute approximate surface area is 185 Å². The zero-order valence-corrected chi connectivity index (χ0v) is 18.4. The van der Waals surface area contributed by atoms with Gasteiger partial charge in [-0.25, -0.2) is 14.4 Å². The first-order chi connectivity index (χ1) is 15.0. The lowest BCUT2D eigenvalue weighted by atomic mass is 9.86. The molecule has 2 aliphatic rings. The van der Waals surface area contributed by atoms with Crippen molar-refractivity contribution >= 4 is 34.1 Å². The Morgan fingerprint density at radius 3 is 2.84 bits per heavy atom. The van der Waals surface area contributed by atoms with E-state index in [0.717, 1.165) is 53.8 Å². The molecule has 9 heteroatoms. The number of aromatic nitrogens is 4. The normalized spacial score (nSPS) is 24.7. The molecule has 2 saturated heterocycles. The first kappa shape index (κ1) is 20.6. The van der Waals surface area contributed by atoms with Crippen LogP contribution in [0, 0.1) is 6.92 Å². The molecular formula is C22H26ClFN6O. The molecule has 0 aliphatic carbocycles. The van der Waals surface area contributed by atoms with E-state index < -0.39 is 6.17 Å². The fourth-order valence-electron chi connectivity index (χ4n) is 4.57. The van der Waals surface area contributed by atoms with Crippen LogP contribution in [0.5, 0.6) is 0 Å². The molecule has 3 unspecified atom stereocenters. The predicted molar refractivity (Wildman–Crippen MR) is 119 cm³/mol. The van der Waals surface area contributed by atoms with Gasteiger partial charge < -0.3 is 10.1 Å². The van der Waals surface area contributed by atoms with E-state index >= 15 is 4.39 Å². The van der Waals surface area contributed by atoms with E-state index in [-0.39, 0.29) is 5.92 Å². The lowest BCUT2D eigenvalue weighted by Gasteiger charge is -2.38. The van der Waals surface area contributed by atoms with Crippen molar-refractivity contribution in [1.82, 2.24) is 24.6 Å². The molecule has 3 aromatic rings. The highest BCUT2D eigenvalue weighted by atomic mass is 35.5. The summed E-state index contributed by atoms with van der Waals surface area (Å²) in [7, 11) is 1.88. The summed E-state index contributed by atoms with van der Waals surface area (Å²) < 4.78 is 22.5. The van der Waals surface area contributed by atoms with Crippen LogP contribution in [0.2, 0.25) is 5.02 Å². The van der Waals surface area contributed by atoms with Crippen molar-refractivity contribution in [3.05, 3.63) is 40.8 Å². The zero-order valence-electron chi connectivity index (χ0n) is 17.7. The van der Waals surface area contributed by atoms with Crippen LogP contribution in [-0.4, -0.2) is 63.2 Å². The molecule has 3 atom stereocenters. The number of hydrogen-bond acceptors (Lipinski definition) is 6. The predicted octanol–water partition coefficient (Wildman–Crippen LogP) is 3.99. The number of aryl methyl sites for hydroxylation is 1. The number of piperidine rings is 1. The molecule has 31 heavy (non-hydrogen) atoms. The minimum Gasteiger partial charge on any atom is -0.380 e. The van der Waals surface area contributed by atoms with Crippen molar-refractivity contribution in [2.24, 2.45) is 7.05 Å². The lowest BCUT2D eigenvalue weighted by molar-refractivity contribution is 0.0729. The molecule has 2 aromatic heterocycles. The van der Waals surface area contributed by atoms with E-state index in [9.17, 15) is 0 Å². The first-order valence-electron chi connectivity index (χ1n) is 10.7. The van der Waals surface area contributed by atoms with Crippen LogP contribution in [0.4, 0.5) is 16.0 Å². The fourth-order valence-corrected chi connectivity index (χ4v) is 4.89. The van der Waals surface area contributed by atoms with Crippen LogP contribution in [0.3, 0.4) is 0 Å². The summed E-state index contributed by atoms with van der Waals surface area (Å²) in [5.41, 5.74) is 3.41. The molecule has 1 N–H and O–H groups in total. The van der Waals surface area contributed by atoms with Crippen LogP contribution >= 0.6 is 11.6 Å². The van der Waals surface area contributed by atoms with Gasteiger partial charge in [-0.2, -0.15) is 5.10 Å². The van der Waals surface area contributed by atoms with Crippen molar-refractivity contribution < 1.29 is 9.13 Å². The van der Waals surface area contributed by atoms with Gasteiger partial charge in [-0.05, 0) is 44.0 Å². The monoisotopic (exact) mass is 444 g/mol. The SMILES string of the molecule is Cc1c(Nc2ncc3cc(Cl)c(C4CCN(C5CCOC5)CC4F)cc3n2)cnn1C. The Morgan fingerprint density at radius 1 is 1.26 bits per heavy atom. The molecule has 0 saturated carbocycles. The molecule has 0 bridgehead atoms.